The summed E-state index contributed by atoms with van der Waals surface area (Å²) in [6.45, 7) is 10.5. The SMILES string of the molecule is C=C(NCC(CC)C(=O)N1CC2C(C1)C2c1ccc(C2CC2)cc1C)OC. The molecule has 0 bridgehead atoms. The molecule has 1 aromatic rings. The zero-order valence-electron chi connectivity index (χ0n) is 16.8. The third-order valence-corrected chi connectivity index (χ3v) is 6.84. The summed E-state index contributed by atoms with van der Waals surface area (Å²) in [6, 6.07) is 7.12. The number of ether oxygens (including phenoxy) is 1. The van der Waals surface area contributed by atoms with E-state index in [2.05, 4.69) is 48.8 Å². The Hall–Kier alpha value is -1.97. The van der Waals surface area contributed by atoms with Crippen LogP contribution in [-0.2, 0) is 9.53 Å². The van der Waals surface area contributed by atoms with Crippen molar-refractivity contribution in [2.24, 2.45) is 17.8 Å². The predicted molar refractivity (Wildman–Crippen MR) is 107 cm³/mol. The van der Waals surface area contributed by atoms with Crippen molar-refractivity contribution in [1.29, 1.82) is 0 Å². The second kappa shape index (κ2) is 7.21. The Labute approximate surface area is 163 Å². The summed E-state index contributed by atoms with van der Waals surface area (Å²) in [4.78, 5) is 15.0. The highest BCUT2D eigenvalue weighted by Gasteiger charge is 2.57. The van der Waals surface area contributed by atoms with Gasteiger partial charge in [0, 0.05) is 19.6 Å². The van der Waals surface area contributed by atoms with Gasteiger partial charge < -0.3 is 15.0 Å². The first-order valence-electron chi connectivity index (χ1n) is 10.4. The van der Waals surface area contributed by atoms with Crippen LogP contribution in [0.15, 0.2) is 30.7 Å². The molecule has 3 fully saturated rings. The average Bonchev–Trinajstić information content (AvgIpc) is 3.59. The summed E-state index contributed by atoms with van der Waals surface area (Å²) >= 11 is 0. The normalized spacial score (nSPS) is 27.1. The second-order valence-electron chi connectivity index (χ2n) is 8.60. The third-order valence-electron chi connectivity index (χ3n) is 6.84. The number of amides is 1. The van der Waals surface area contributed by atoms with Gasteiger partial charge in [-0.25, -0.2) is 0 Å². The van der Waals surface area contributed by atoms with Crippen molar-refractivity contribution < 1.29 is 9.53 Å². The molecule has 1 amide bonds. The number of fused-ring (bicyclic) bond motifs is 1. The molecule has 4 heteroatoms. The number of benzene rings is 1. The van der Waals surface area contributed by atoms with Crippen LogP contribution in [0.5, 0.6) is 0 Å². The fourth-order valence-electron chi connectivity index (χ4n) is 4.88. The van der Waals surface area contributed by atoms with E-state index in [9.17, 15) is 4.79 Å². The lowest BCUT2D eigenvalue weighted by Gasteiger charge is -2.26. The zero-order valence-corrected chi connectivity index (χ0v) is 16.8. The number of carbonyl (C=O) groups excluding carboxylic acids is 1. The Balaban J connectivity index is 1.33. The number of piperidine rings is 1. The molecule has 2 aliphatic carbocycles. The first-order chi connectivity index (χ1) is 13.0. The van der Waals surface area contributed by atoms with Gasteiger partial charge in [-0.1, -0.05) is 25.1 Å². The van der Waals surface area contributed by atoms with E-state index in [-0.39, 0.29) is 11.8 Å². The molecule has 0 spiro atoms. The molecule has 1 N–H and O–H groups in total. The molecule has 1 saturated heterocycles. The average molecular weight is 369 g/mol. The molecular weight excluding hydrogens is 336 g/mol. The van der Waals surface area contributed by atoms with Gasteiger partial charge >= 0.3 is 0 Å². The van der Waals surface area contributed by atoms with Gasteiger partial charge in [0.25, 0.3) is 0 Å². The van der Waals surface area contributed by atoms with Crippen LogP contribution in [0.4, 0.5) is 0 Å². The molecule has 0 aromatic heterocycles. The minimum Gasteiger partial charge on any atom is -0.483 e. The monoisotopic (exact) mass is 368 g/mol. The molecule has 146 valence electrons. The van der Waals surface area contributed by atoms with Crippen LogP contribution in [0.2, 0.25) is 0 Å². The van der Waals surface area contributed by atoms with Crippen molar-refractivity contribution in [1.82, 2.24) is 10.2 Å². The van der Waals surface area contributed by atoms with Crippen molar-refractivity contribution in [2.75, 3.05) is 26.7 Å². The fraction of sp³-hybridized carbons (Fsp3) is 0.609. The number of likely N-dealkylation sites (tertiary alicyclic amines) is 1. The first-order valence-corrected chi connectivity index (χ1v) is 10.4. The van der Waals surface area contributed by atoms with Crippen molar-refractivity contribution in [3.63, 3.8) is 0 Å². The van der Waals surface area contributed by atoms with Crippen molar-refractivity contribution >= 4 is 5.91 Å². The summed E-state index contributed by atoms with van der Waals surface area (Å²) in [7, 11) is 1.59. The van der Waals surface area contributed by atoms with Crippen LogP contribution in [-0.4, -0.2) is 37.6 Å². The lowest BCUT2D eigenvalue weighted by molar-refractivity contribution is -0.135. The molecule has 1 aromatic carbocycles. The maximum atomic E-state index is 12.9. The number of nitrogens with zero attached hydrogens (tertiary/aromatic N) is 1. The molecule has 1 heterocycles. The van der Waals surface area contributed by atoms with Gasteiger partial charge in [-0.2, -0.15) is 0 Å². The van der Waals surface area contributed by atoms with E-state index in [0.717, 1.165) is 25.4 Å². The molecule has 1 aliphatic heterocycles. The van der Waals surface area contributed by atoms with E-state index in [0.29, 0.717) is 30.2 Å². The molecule has 0 radical (unpaired) electrons. The molecule has 3 atom stereocenters. The molecule has 2 saturated carbocycles. The number of hydrogen-bond donors (Lipinski definition) is 1. The molecule has 3 unspecified atom stereocenters. The Morgan fingerprint density at radius 1 is 1.33 bits per heavy atom. The quantitative estimate of drug-likeness (QED) is 0.710. The van der Waals surface area contributed by atoms with Crippen LogP contribution < -0.4 is 5.32 Å². The molecule has 4 rings (SSSR count). The van der Waals surface area contributed by atoms with Gasteiger partial charge in [-0.05, 0) is 73.1 Å². The minimum absolute atomic E-state index is 0.00703. The largest absolute Gasteiger partial charge is 0.483 e. The Kier molecular flexibility index (Phi) is 4.92. The summed E-state index contributed by atoms with van der Waals surface area (Å²) in [5.41, 5.74) is 4.49. The van der Waals surface area contributed by atoms with Crippen molar-refractivity contribution in [2.45, 2.75) is 44.9 Å². The molecule has 4 nitrogen and oxygen atoms in total. The zero-order chi connectivity index (χ0) is 19.1. The first kappa shape index (κ1) is 18.4. The number of aryl methyl sites for hydroxylation is 1. The third kappa shape index (κ3) is 3.59. The van der Waals surface area contributed by atoms with Gasteiger partial charge in [-0.3, -0.25) is 4.79 Å². The maximum absolute atomic E-state index is 12.9. The number of rotatable bonds is 8. The van der Waals surface area contributed by atoms with Gasteiger partial charge in [0.2, 0.25) is 5.91 Å². The van der Waals surface area contributed by atoms with Crippen LogP contribution >= 0.6 is 0 Å². The Morgan fingerprint density at radius 3 is 2.59 bits per heavy atom. The number of methoxy groups -OCH3 is 1. The lowest BCUT2D eigenvalue weighted by Crippen LogP contribution is -2.40. The van der Waals surface area contributed by atoms with Gasteiger partial charge in [0.05, 0.1) is 13.0 Å². The van der Waals surface area contributed by atoms with E-state index < -0.39 is 0 Å². The predicted octanol–water partition coefficient (Wildman–Crippen LogP) is 3.78. The Bertz CT molecular complexity index is 728. The standard InChI is InChI=1S/C23H32N2O2/c1-5-16(11-24-15(3)27-4)23(26)25-12-20-21(13-25)22(20)19-9-8-18(10-14(19)2)17-6-7-17/h8-10,16-17,20-22,24H,3,5-7,11-13H2,1-2,4H3. The Morgan fingerprint density at radius 2 is 2.04 bits per heavy atom. The number of hydrogen-bond acceptors (Lipinski definition) is 3. The molecule has 3 aliphatic rings. The summed E-state index contributed by atoms with van der Waals surface area (Å²) in [6.07, 6.45) is 3.55. The maximum Gasteiger partial charge on any atom is 0.227 e. The van der Waals surface area contributed by atoms with Crippen LogP contribution in [0, 0.1) is 24.7 Å². The van der Waals surface area contributed by atoms with E-state index in [4.69, 9.17) is 4.74 Å². The fourth-order valence-corrected chi connectivity index (χ4v) is 4.88. The second-order valence-corrected chi connectivity index (χ2v) is 8.60. The van der Waals surface area contributed by atoms with Crippen molar-refractivity contribution in [3.05, 3.63) is 47.4 Å². The molecule has 27 heavy (non-hydrogen) atoms. The summed E-state index contributed by atoms with van der Waals surface area (Å²) in [5.74, 6) is 3.58. The van der Waals surface area contributed by atoms with Gasteiger partial charge in [0.1, 0.15) is 0 Å². The van der Waals surface area contributed by atoms with E-state index >= 15 is 0 Å². The van der Waals surface area contributed by atoms with E-state index in [1.807, 2.05) is 0 Å². The lowest BCUT2D eigenvalue weighted by atomic mass is 9.97. The minimum atomic E-state index is -0.00703. The number of nitrogens with one attached hydrogen (secondary N) is 1. The van der Waals surface area contributed by atoms with Gasteiger partial charge in [0.15, 0.2) is 5.88 Å². The van der Waals surface area contributed by atoms with E-state index in [1.165, 1.54) is 29.5 Å². The van der Waals surface area contributed by atoms with Crippen molar-refractivity contribution in [3.8, 4) is 0 Å². The molecular formula is C23H32N2O2. The topological polar surface area (TPSA) is 41.6 Å². The highest BCUT2D eigenvalue weighted by Crippen LogP contribution is 2.59. The van der Waals surface area contributed by atoms with Crippen LogP contribution in [0.3, 0.4) is 0 Å². The smallest absolute Gasteiger partial charge is 0.227 e. The summed E-state index contributed by atoms with van der Waals surface area (Å²) in [5, 5.41) is 3.11. The summed E-state index contributed by atoms with van der Waals surface area (Å²) < 4.78 is 5.05. The highest BCUT2D eigenvalue weighted by molar-refractivity contribution is 5.79. The van der Waals surface area contributed by atoms with Crippen LogP contribution in [0.1, 0.15) is 54.7 Å². The van der Waals surface area contributed by atoms with E-state index in [1.54, 1.807) is 7.11 Å². The highest BCUT2D eigenvalue weighted by atomic mass is 16.5. The van der Waals surface area contributed by atoms with Gasteiger partial charge in [-0.15, -0.1) is 0 Å². The van der Waals surface area contributed by atoms with Crippen LogP contribution in [0.25, 0.3) is 0 Å². The number of carbonyl (C=O) groups is 1.